The summed E-state index contributed by atoms with van der Waals surface area (Å²) in [5, 5.41) is 8.32. The molecule has 0 bridgehead atoms. The Kier molecular flexibility index (Phi) is 4.72. The molecule has 5 heteroatoms. The van der Waals surface area contributed by atoms with Gasteiger partial charge in [0.25, 0.3) is 0 Å². The molecule has 0 spiro atoms. The standard InChI is InChI=1S/C13H25N5/c1-17(2)7-8-18-10-15-16-13(18)9-11-3-5-12(14)6-4-11/h10-12H,3-9,14H2,1-2H3. The van der Waals surface area contributed by atoms with E-state index in [0.29, 0.717) is 6.04 Å². The van der Waals surface area contributed by atoms with E-state index >= 15 is 0 Å². The Morgan fingerprint density at radius 1 is 1.33 bits per heavy atom. The molecule has 0 radical (unpaired) electrons. The van der Waals surface area contributed by atoms with Gasteiger partial charge in [-0.1, -0.05) is 0 Å². The zero-order chi connectivity index (χ0) is 13.0. The number of nitrogens with zero attached hydrogens (tertiary/aromatic N) is 4. The van der Waals surface area contributed by atoms with Crippen molar-refractivity contribution in [2.45, 2.75) is 44.7 Å². The van der Waals surface area contributed by atoms with E-state index in [-0.39, 0.29) is 0 Å². The molecule has 0 aliphatic heterocycles. The average Bonchev–Trinajstić information content (AvgIpc) is 2.77. The van der Waals surface area contributed by atoms with E-state index in [2.05, 4.69) is 33.8 Å². The Balaban J connectivity index is 1.87. The highest BCUT2D eigenvalue weighted by Gasteiger charge is 2.20. The topological polar surface area (TPSA) is 60.0 Å². The van der Waals surface area contributed by atoms with Gasteiger partial charge in [-0.15, -0.1) is 10.2 Å². The van der Waals surface area contributed by atoms with Crippen molar-refractivity contribution in [2.24, 2.45) is 11.7 Å². The minimum atomic E-state index is 0.424. The smallest absolute Gasteiger partial charge is 0.133 e. The lowest BCUT2D eigenvalue weighted by Gasteiger charge is -2.25. The van der Waals surface area contributed by atoms with E-state index in [1.807, 2.05) is 6.33 Å². The maximum Gasteiger partial charge on any atom is 0.133 e. The molecule has 2 N–H and O–H groups in total. The number of rotatable bonds is 5. The number of nitrogens with two attached hydrogens (primary N) is 1. The van der Waals surface area contributed by atoms with Crippen LogP contribution in [0.15, 0.2) is 6.33 Å². The molecule has 1 saturated carbocycles. The summed E-state index contributed by atoms with van der Waals surface area (Å²) in [5.41, 5.74) is 5.94. The molecule has 0 atom stereocenters. The average molecular weight is 251 g/mol. The van der Waals surface area contributed by atoms with Gasteiger partial charge in [0.15, 0.2) is 0 Å². The number of aromatic nitrogens is 3. The molecular formula is C13H25N5. The Morgan fingerprint density at radius 2 is 2.06 bits per heavy atom. The van der Waals surface area contributed by atoms with Crippen molar-refractivity contribution in [1.82, 2.24) is 19.7 Å². The van der Waals surface area contributed by atoms with Crippen LogP contribution in [0.1, 0.15) is 31.5 Å². The van der Waals surface area contributed by atoms with E-state index in [1.54, 1.807) is 0 Å². The zero-order valence-electron chi connectivity index (χ0n) is 11.5. The fraction of sp³-hybridized carbons (Fsp3) is 0.846. The first-order valence-corrected chi connectivity index (χ1v) is 6.92. The summed E-state index contributed by atoms with van der Waals surface area (Å²) in [6.07, 6.45) is 7.71. The largest absolute Gasteiger partial charge is 0.328 e. The number of likely N-dealkylation sites (N-methyl/N-ethyl adjacent to an activating group) is 1. The fourth-order valence-corrected chi connectivity index (χ4v) is 2.58. The Bertz CT molecular complexity index is 352. The Hall–Kier alpha value is -0.940. The van der Waals surface area contributed by atoms with Crippen LogP contribution in [-0.2, 0) is 13.0 Å². The molecule has 0 unspecified atom stereocenters. The third-order valence-electron chi connectivity index (χ3n) is 3.85. The van der Waals surface area contributed by atoms with Crippen molar-refractivity contribution in [2.75, 3.05) is 20.6 Å². The van der Waals surface area contributed by atoms with Gasteiger partial charge in [-0.25, -0.2) is 0 Å². The molecule has 0 saturated heterocycles. The molecule has 1 aliphatic carbocycles. The zero-order valence-corrected chi connectivity index (χ0v) is 11.5. The summed E-state index contributed by atoms with van der Waals surface area (Å²) >= 11 is 0. The molecule has 1 fully saturated rings. The monoisotopic (exact) mass is 251 g/mol. The summed E-state index contributed by atoms with van der Waals surface area (Å²) in [7, 11) is 4.18. The van der Waals surface area contributed by atoms with Crippen LogP contribution >= 0.6 is 0 Å². The third kappa shape index (κ3) is 3.78. The molecule has 1 heterocycles. The minimum Gasteiger partial charge on any atom is -0.328 e. The van der Waals surface area contributed by atoms with E-state index in [9.17, 15) is 0 Å². The number of hydrogen-bond donors (Lipinski definition) is 1. The first-order chi connectivity index (χ1) is 8.65. The molecule has 18 heavy (non-hydrogen) atoms. The highest BCUT2D eigenvalue weighted by Crippen LogP contribution is 2.25. The van der Waals surface area contributed by atoms with Crippen LogP contribution in [0.3, 0.4) is 0 Å². The van der Waals surface area contributed by atoms with Crippen LogP contribution in [0.5, 0.6) is 0 Å². The van der Waals surface area contributed by atoms with Gasteiger partial charge in [0.1, 0.15) is 12.2 Å². The summed E-state index contributed by atoms with van der Waals surface area (Å²) < 4.78 is 2.19. The Morgan fingerprint density at radius 3 is 2.72 bits per heavy atom. The maximum atomic E-state index is 5.94. The second-order valence-corrected chi connectivity index (χ2v) is 5.73. The first-order valence-electron chi connectivity index (χ1n) is 6.92. The third-order valence-corrected chi connectivity index (χ3v) is 3.85. The molecule has 0 aromatic carbocycles. The van der Waals surface area contributed by atoms with Crippen molar-refractivity contribution in [3.8, 4) is 0 Å². The second kappa shape index (κ2) is 6.29. The lowest BCUT2D eigenvalue weighted by atomic mass is 9.84. The normalized spacial score (nSPS) is 24.7. The quantitative estimate of drug-likeness (QED) is 0.844. The van der Waals surface area contributed by atoms with E-state index < -0.39 is 0 Å². The second-order valence-electron chi connectivity index (χ2n) is 5.73. The fourth-order valence-electron chi connectivity index (χ4n) is 2.58. The minimum absolute atomic E-state index is 0.424. The molecule has 0 amide bonds. The van der Waals surface area contributed by atoms with Crippen molar-refractivity contribution in [1.29, 1.82) is 0 Å². The van der Waals surface area contributed by atoms with E-state index in [0.717, 1.165) is 44.1 Å². The van der Waals surface area contributed by atoms with Gasteiger partial charge in [0.05, 0.1) is 0 Å². The van der Waals surface area contributed by atoms with Gasteiger partial charge >= 0.3 is 0 Å². The van der Waals surface area contributed by atoms with Crippen molar-refractivity contribution < 1.29 is 0 Å². The lowest BCUT2D eigenvalue weighted by molar-refractivity contribution is 0.315. The van der Waals surface area contributed by atoms with Gasteiger partial charge in [-0.05, 0) is 45.7 Å². The predicted octanol–water partition coefficient (Wildman–Crippen LogP) is 0.900. The predicted molar refractivity (Wildman–Crippen MR) is 72.2 cm³/mol. The highest BCUT2D eigenvalue weighted by atomic mass is 15.3. The van der Waals surface area contributed by atoms with E-state index in [1.165, 1.54) is 12.8 Å². The molecular weight excluding hydrogens is 226 g/mol. The van der Waals surface area contributed by atoms with Crippen LogP contribution in [0, 0.1) is 5.92 Å². The van der Waals surface area contributed by atoms with Gasteiger partial charge in [-0.3, -0.25) is 0 Å². The Labute approximate surface area is 109 Å². The SMILES string of the molecule is CN(C)CCn1cnnc1CC1CCC(N)CC1. The van der Waals surface area contributed by atoms with Gasteiger partial charge < -0.3 is 15.2 Å². The summed E-state index contributed by atoms with van der Waals surface area (Å²) in [4.78, 5) is 2.18. The summed E-state index contributed by atoms with van der Waals surface area (Å²) in [6.45, 7) is 2.00. The van der Waals surface area contributed by atoms with Gasteiger partial charge in [0, 0.05) is 25.6 Å². The summed E-state index contributed by atoms with van der Waals surface area (Å²) in [6, 6.07) is 0.424. The molecule has 102 valence electrons. The van der Waals surface area contributed by atoms with Crippen LogP contribution in [0.25, 0.3) is 0 Å². The summed E-state index contributed by atoms with van der Waals surface area (Å²) in [5.74, 6) is 1.88. The first kappa shape index (κ1) is 13.5. The van der Waals surface area contributed by atoms with Crippen LogP contribution < -0.4 is 5.73 Å². The van der Waals surface area contributed by atoms with Crippen molar-refractivity contribution in [3.05, 3.63) is 12.2 Å². The molecule has 1 aromatic heterocycles. The van der Waals surface area contributed by atoms with Crippen molar-refractivity contribution >= 4 is 0 Å². The maximum absolute atomic E-state index is 5.94. The van der Waals surface area contributed by atoms with Crippen LogP contribution in [0.4, 0.5) is 0 Å². The van der Waals surface area contributed by atoms with Gasteiger partial charge in [-0.2, -0.15) is 0 Å². The van der Waals surface area contributed by atoms with Crippen LogP contribution in [-0.4, -0.2) is 46.3 Å². The van der Waals surface area contributed by atoms with Crippen molar-refractivity contribution in [3.63, 3.8) is 0 Å². The molecule has 1 aliphatic rings. The molecule has 5 nitrogen and oxygen atoms in total. The molecule has 2 rings (SSSR count). The van der Waals surface area contributed by atoms with E-state index in [4.69, 9.17) is 5.73 Å². The van der Waals surface area contributed by atoms with Crippen LogP contribution in [0.2, 0.25) is 0 Å². The lowest BCUT2D eigenvalue weighted by Crippen LogP contribution is -2.28. The van der Waals surface area contributed by atoms with Gasteiger partial charge in [0.2, 0.25) is 0 Å². The number of hydrogen-bond acceptors (Lipinski definition) is 4. The molecule has 1 aromatic rings. The highest BCUT2D eigenvalue weighted by molar-refractivity contribution is 4.90.